The summed E-state index contributed by atoms with van der Waals surface area (Å²) in [5.74, 6) is -1.90. The van der Waals surface area contributed by atoms with E-state index in [1.807, 2.05) is 79.7 Å². The Morgan fingerprint density at radius 3 is 2.45 bits per heavy atom. The molecule has 2 aliphatic heterocycles. The highest BCUT2D eigenvalue weighted by Crippen LogP contribution is 2.40. The number of thioether (sulfide) groups is 1. The van der Waals surface area contributed by atoms with E-state index in [1.165, 1.54) is 0 Å². The minimum Gasteiger partial charge on any atom is -0.392 e. The molecule has 49 heavy (non-hydrogen) atoms. The van der Waals surface area contributed by atoms with E-state index < -0.39 is 30.3 Å². The predicted molar refractivity (Wildman–Crippen MR) is 178 cm³/mol. The Morgan fingerprint density at radius 1 is 1.00 bits per heavy atom. The van der Waals surface area contributed by atoms with Gasteiger partial charge in [-0.1, -0.05) is 89.8 Å². The van der Waals surface area contributed by atoms with Gasteiger partial charge in [0, 0.05) is 30.8 Å². The lowest BCUT2D eigenvalue weighted by molar-refractivity contribution is -0.245. The van der Waals surface area contributed by atoms with Gasteiger partial charge in [0.1, 0.15) is 11.0 Å². The molecule has 0 saturated carbocycles. The van der Waals surface area contributed by atoms with E-state index in [0.29, 0.717) is 23.5 Å². The Bertz CT molecular complexity index is 1750. The number of benzene rings is 3. The summed E-state index contributed by atoms with van der Waals surface area (Å²) >= 11 is 3.15. The van der Waals surface area contributed by atoms with Crippen molar-refractivity contribution in [3.8, 4) is 11.1 Å². The van der Waals surface area contributed by atoms with E-state index in [9.17, 15) is 27.9 Å². The van der Waals surface area contributed by atoms with Crippen molar-refractivity contribution in [3.63, 3.8) is 0 Å². The zero-order chi connectivity index (χ0) is 34.5. The fraction of sp³-hybridized carbons (Fsp3) is 0.371. The first-order valence-electron chi connectivity index (χ1n) is 15.9. The Hall–Kier alpha value is -3.82. The Morgan fingerprint density at radius 2 is 1.76 bits per heavy atom. The van der Waals surface area contributed by atoms with Crippen LogP contribution in [0, 0.1) is 6.92 Å². The quantitative estimate of drug-likeness (QED) is 0.179. The van der Waals surface area contributed by atoms with Crippen molar-refractivity contribution in [2.45, 2.75) is 74.4 Å². The lowest BCUT2D eigenvalue weighted by atomic mass is 9.99. The van der Waals surface area contributed by atoms with E-state index in [0.717, 1.165) is 42.7 Å². The molecule has 0 aliphatic carbocycles. The minimum absolute atomic E-state index is 0.0330. The van der Waals surface area contributed by atoms with Crippen molar-refractivity contribution < 1.29 is 37.3 Å². The van der Waals surface area contributed by atoms with Crippen molar-refractivity contribution in [1.82, 2.24) is 20.4 Å². The highest BCUT2D eigenvalue weighted by atomic mass is 32.2. The number of rotatable bonds is 10. The maximum atomic E-state index is 13.0. The predicted octanol–water partition coefficient (Wildman–Crippen LogP) is 6.51. The molecule has 4 aromatic rings. The Kier molecular flexibility index (Phi) is 11.0. The normalized spacial score (nSPS) is 21.1. The van der Waals surface area contributed by atoms with Gasteiger partial charge in [-0.2, -0.15) is 13.2 Å². The molecule has 14 heteroatoms. The fourth-order valence-corrected chi connectivity index (χ4v) is 7.83. The highest BCUT2D eigenvalue weighted by Gasteiger charge is 2.47. The molecular formula is C35H35F3N4O5S2. The molecule has 9 nitrogen and oxygen atoms in total. The second kappa shape index (κ2) is 15.4. The molecular weight excluding hydrogens is 678 g/mol. The first kappa shape index (κ1) is 35.0. The van der Waals surface area contributed by atoms with Crippen molar-refractivity contribution in [2.75, 3.05) is 12.3 Å². The number of hydrogen-bond acceptors (Lipinski definition) is 9. The number of likely N-dealkylation sites (tertiary alicyclic amines) is 1. The molecule has 0 spiro atoms. The summed E-state index contributed by atoms with van der Waals surface area (Å²) < 4.78 is 52.8. The van der Waals surface area contributed by atoms with E-state index in [4.69, 9.17) is 9.47 Å². The van der Waals surface area contributed by atoms with Gasteiger partial charge in [0.15, 0.2) is 10.6 Å². The number of nitrogens with one attached hydrogen (secondary N) is 1. The van der Waals surface area contributed by atoms with Gasteiger partial charge in [0.25, 0.3) is 0 Å². The zero-order valence-electron chi connectivity index (χ0n) is 26.6. The standard InChI is InChI=1S/C35H35F3N4O5S2/c1-21-40-41-34(49-21)48-20-28-17-30(25-9-7-22(19-43)8-10-25)47-32(46-28)26-13-11-24(12-14-26)27-5-2-4-23(16-27)18-39-31(44)29-6-3-15-42(29)33(45)35(36,37)38/h2,4-5,7-14,16,28-30,32,43H,3,6,15,17-20H2,1H3,(H,39,44). The van der Waals surface area contributed by atoms with Gasteiger partial charge >= 0.3 is 12.1 Å². The molecule has 3 aromatic carbocycles. The summed E-state index contributed by atoms with van der Waals surface area (Å²) in [5.41, 5.74) is 5.25. The van der Waals surface area contributed by atoms with E-state index in [2.05, 4.69) is 15.5 Å². The van der Waals surface area contributed by atoms with E-state index >= 15 is 0 Å². The van der Waals surface area contributed by atoms with Crippen molar-refractivity contribution >= 4 is 34.9 Å². The summed E-state index contributed by atoms with van der Waals surface area (Å²) in [6, 6.07) is 21.9. The number of aliphatic hydroxyl groups excluding tert-OH is 1. The molecule has 2 saturated heterocycles. The number of aliphatic hydroxyl groups is 1. The highest BCUT2D eigenvalue weighted by molar-refractivity contribution is 8.01. The number of aryl methyl sites for hydroxylation is 1. The van der Waals surface area contributed by atoms with E-state index in [-0.39, 0.29) is 38.3 Å². The number of nitrogens with zero attached hydrogens (tertiary/aromatic N) is 3. The zero-order valence-corrected chi connectivity index (χ0v) is 28.2. The Balaban J connectivity index is 1.12. The molecule has 2 N–H and O–H groups in total. The van der Waals surface area contributed by atoms with Crippen molar-refractivity contribution in [2.24, 2.45) is 0 Å². The summed E-state index contributed by atoms with van der Waals surface area (Å²) in [6.45, 7) is 1.90. The average Bonchev–Trinajstić information content (AvgIpc) is 3.78. The number of carbonyl (C=O) groups is 2. The number of ether oxygens (including phenoxy) is 2. The maximum Gasteiger partial charge on any atom is 0.471 e. The lowest BCUT2D eigenvalue weighted by Crippen LogP contribution is -2.50. The Labute approximate surface area is 289 Å². The molecule has 2 amide bonds. The van der Waals surface area contributed by atoms with Crippen molar-refractivity contribution in [3.05, 3.63) is 100 Å². The molecule has 3 heterocycles. The summed E-state index contributed by atoms with van der Waals surface area (Å²) in [7, 11) is 0. The molecule has 0 bridgehead atoms. The summed E-state index contributed by atoms with van der Waals surface area (Å²) in [6.07, 6.45) is -4.80. The van der Waals surface area contributed by atoms with E-state index in [1.54, 1.807) is 23.1 Å². The molecule has 2 aliphatic rings. The topological polar surface area (TPSA) is 114 Å². The minimum atomic E-state index is -5.02. The van der Waals surface area contributed by atoms with Crippen LogP contribution in [-0.4, -0.2) is 62.6 Å². The monoisotopic (exact) mass is 712 g/mol. The van der Waals surface area contributed by atoms with Crippen molar-refractivity contribution in [1.29, 1.82) is 0 Å². The van der Waals surface area contributed by atoms with Gasteiger partial charge in [0.05, 0.1) is 18.8 Å². The number of hydrogen-bond donors (Lipinski definition) is 2. The first-order chi connectivity index (χ1) is 23.6. The second-order valence-electron chi connectivity index (χ2n) is 11.9. The van der Waals surface area contributed by atoms with Crippen LogP contribution in [0.25, 0.3) is 11.1 Å². The first-order valence-corrected chi connectivity index (χ1v) is 17.7. The molecule has 1 aromatic heterocycles. The van der Waals surface area contributed by atoms with Crippen LogP contribution in [-0.2, 0) is 32.2 Å². The smallest absolute Gasteiger partial charge is 0.392 e. The number of amides is 2. The van der Waals surface area contributed by atoms with Crippen LogP contribution < -0.4 is 5.32 Å². The average molecular weight is 713 g/mol. The number of alkyl halides is 3. The second-order valence-corrected chi connectivity index (χ2v) is 14.4. The molecule has 4 unspecified atom stereocenters. The summed E-state index contributed by atoms with van der Waals surface area (Å²) in [4.78, 5) is 25.2. The number of aromatic nitrogens is 2. The van der Waals surface area contributed by atoms with Gasteiger partial charge in [-0.25, -0.2) is 0 Å². The van der Waals surface area contributed by atoms with Gasteiger partial charge in [-0.05, 0) is 53.6 Å². The fourth-order valence-electron chi connectivity index (χ4n) is 5.97. The van der Waals surface area contributed by atoms with Crippen LogP contribution in [0.15, 0.2) is 77.1 Å². The molecule has 4 atom stereocenters. The largest absolute Gasteiger partial charge is 0.471 e. The van der Waals surface area contributed by atoms with Crippen LogP contribution in [0.4, 0.5) is 13.2 Å². The third-order valence-corrected chi connectivity index (χ3v) is 10.6. The molecule has 6 rings (SSSR count). The van der Waals surface area contributed by atoms with Crippen LogP contribution in [0.2, 0.25) is 0 Å². The van der Waals surface area contributed by atoms with Gasteiger partial charge in [-0.3, -0.25) is 9.59 Å². The van der Waals surface area contributed by atoms with Crippen LogP contribution in [0.3, 0.4) is 0 Å². The van der Waals surface area contributed by atoms with Gasteiger partial charge in [-0.15, -0.1) is 10.2 Å². The van der Waals surface area contributed by atoms with Crippen LogP contribution in [0.1, 0.15) is 58.9 Å². The third kappa shape index (κ3) is 8.68. The SMILES string of the molecule is Cc1nnc(SCC2CC(c3ccc(CO)cc3)OC(c3ccc(-c4cccc(CNC(=O)C5CCCN5C(=O)C(F)(F)F)c4)cc3)O2)s1. The maximum absolute atomic E-state index is 13.0. The van der Waals surface area contributed by atoms with Gasteiger partial charge < -0.3 is 24.8 Å². The molecule has 258 valence electrons. The van der Waals surface area contributed by atoms with Crippen LogP contribution in [0.5, 0.6) is 0 Å². The summed E-state index contributed by atoms with van der Waals surface area (Å²) in [5, 5.41) is 21.4. The van der Waals surface area contributed by atoms with Crippen LogP contribution >= 0.6 is 23.1 Å². The lowest BCUT2D eigenvalue weighted by Gasteiger charge is -2.36. The molecule has 2 fully saturated rings. The van der Waals surface area contributed by atoms with Gasteiger partial charge in [0.2, 0.25) is 5.91 Å². The number of halogens is 3. The third-order valence-electron chi connectivity index (χ3n) is 8.48. The molecule has 0 radical (unpaired) electrons. The number of carbonyl (C=O) groups excluding carboxylic acids is 2.